The number of hydrogen-bond acceptors (Lipinski definition) is 6. The summed E-state index contributed by atoms with van der Waals surface area (Å²) in [4.78, 5) is 19.8. The van der Waals surface area contributed by atoms with Crippen molar-refractivity contribution in [1.82, 2.24) is 9.97 Å². The van der Waals surface area contributed by atoms with Crippen molar-refractivity contribution in [1.29, 1.82) is 0 Å². The zero-order chi connectivity index (χ0) is 18.7. The van der Waals surface area contributed by atoms with Crippen LogP contribution in [0.2, 0.25) is 0 Å². The molecule has 2 aromatic carbocycles. The van der Waals surface area contributed by atoms with Crippen molar-refractivity contribution in [3.8, 4) is 0 Å². The average Bonchev–Trinajstić information content (AvgIpc) is 2.58. The Kier molecular flexibility index (Phi) is 4.85. The van der Waals surface area contributed by atoms with E-state index in [4.69, 9.17) is 0 Å². The van der Waals surface area contributed by atoms with Gasteiger partial charge in [0.25, 0.3) is 0 Å². The van der Waals surface area contributed by atoms with E-state index in [1.165, 1.54) is 25.6 Å². The van der Waals surface area contributed by atoms with Gasteiger partial charge in [-0.25, -0.2) is 18.4 Å². The lowest BCUT2D eigenvalue weighted by Gasteiger charge is -2.10. The van der Waals surface area contributed by atoms with Gasteiger partial charge in [-0.3, -0.25) is 4.79 Å². The van der Waals surface area contributed by atoms with Gasteiger partial charge >= 0.3 is 0 Å². The fourth-order valence-corrected chi connectivity index (χ4v) is 3.20. The third kappa shape index (κ3) is 4.15. The molecule has 1 aromatic heterocycles. The van der Waals surface area contributed by atoms with E-state index in [0.717, 1.165) is 5.56 Å². The molecule has 0 saturated heterocycles. The van der Waals surface area contributed by atoms with Gasteiger partial charge in [0.15, 0.2) is 9.84 Å². The Morgan fingerprint density at radius 2 is 1.92 bits per heavy atom. The van der Waals surface area contributed by atoms with E-state index in [9.17, 15) is 13.2 Å². The molecule has 134 valence electrons. The van der Waals surface area contributed by atoms with E-state index < -0.39 is 9.84 Å². The van der Waals surface area contributed by atoms with Gasteiger partial charge in [0.2, 0.25) is 5.91 Å². The molecule has 0 unspecified atom stereocenters. The monoisotopic (exact) mass is 370 g/mol. The van der Waals surface area contributed by atoms with Crippen LogP contribution in [0.4, 0.5) is 11.5 Å². The number of carbonyl (C=O) groups is 1. The van der Waals surface area contributed by atoms with E-state index in [1.54, 1.807) is 12.1 Å². The highest BCUT2D eigenvalue weighted by Crippen LogP contribution is 2.23. The third-order valence-corrected chi connectivity index (χ3v) is 4.85. The maximum atomic E-state index is 11.8. The minimum atomic E-state index is -3.32. The first-order valence-electron chi connectivity index (χ1n) is 7.88. The predicted molar refractivity (Wildman–Crippen MR) is 101 cm³/mol. The standard InChI is InChI=1S/C18H18N4O3S/c1-12(23)22-14-5-3-4-13(8-14)10-19-18-16-9-15(26(2,24)25)6-7-17(16)20-11-21-18/h3-9,11H,10H2,1-2H3,(H,22,23)(H,19,20,21). The molecule has 3 aromatic rings. The molecule has 0 saturated carbocycles. The molecule has 8 heteroatoms. The van der Waals surface area contributed by atoms with Gasteiger partial charge in [-0.2, -0.15) is 0 Å². The van der Waals surface area contributed by atoms with Crippen molar-refractivity contribution in [2.24, 2.45) is 0 Å². The first kappa shape index (κ1) is 17.8. The van der Waals surface area contributed by atoms with Gasteiger partial charge in [-0.1, -0.05) is 12.1 Å². The Morgan fingerprint density at radius 3 is 2.65 bits per heavy atom. The summed E-state index contributed by atoms with van der Waals surface area (Å²) in [7, 11) is -3.32. The molecule has 7 nitrogen and oxygen atoms in total. The zero-order valence-electron chi connectivity index (χ0n) is 14.4. The third-order valence-electron chi connectivity index (χ3n) is 3.74. The molecule has 26 heavy (non-hydrogen) atoms. The molecular formula is C18H18N4O3S. The van der Waals surface area contributed by atoms with E-state index in [-0.39, 0.29) is 10.8 Å². The van der Waals surface area contributed by atoms with Crippen LogP contribution in [0.5, 0.6) is 0 Å². The Morgan fingerprint density at radius 1 is 1.12 bits per heavy atom. The molecule has 0 aliphatic heterocycles. The highest BCUT2D eigenvalue weighted by atomic mass is 32.2. The topological polar surface area (TPSA) is 101 Å². The van der Waals surface area contributed by atoms with Crippen LogP contribution in [0.3, 0.4) is 0 Å². The fraction of sp³-hybridized carbons (Fsp3) is 0.167. The first-order chi connectivity index (χ1) is 12.3. The number of fused-ring (bicyclic) bond motifs is 1. The van der Waals surface area contributed by atoms with Crippen molar-refractivity contribution >= 4 is 38.2 Å². The minimum Gasteiger partial charge on any atom is -0.365 e. The van der Waals surface area contributed by atoms with Crippen LogP contribution in [0.1, 0.15) is 12.5 Å². The highest BCUT2D eigenvalue weighted by molar-refractivity contribution is 7.90. The maximum Gasteiger partial charge on any atom is 0.221 e. The van der Waals surface area contributed by atoms with E-state index in [2.05, 4.69) is 20.6 Å². The van der Waals surface area contributed by atoms with Gasteiger partial charge in [-0.15, -0.1) is 0 Å². The van der Waals surface area contributed by atoms with Crippen LogP contribution in [0.15, 0.2) is 53.7 Å². The Hall–Kier alpha value is -3.00. The molecule has 1 heterocycles. The second kappa shape index (κ2) is 7.09. The van der Waals surface area contributed by atoms with Gasteiger partial charge < -0.3 is 10.6 Å². The number of benzene rings is 2. The normalized spacial score (nSPS) is 11.3. The Bertz CT molecular complexity index is 1080. The molecule has 2 N–H and O–H groups in total. The van der Waals surface area contributed by atoms with Crippen LogP contribution < -0.4 is 10.6 Å². The molecule has 0 spiro atoms. The zero-order valence-corrected chi connectivity index (χ0v) is 15.2. The number of amides is 1. The minimum absolute atomic E-state index is 0.134. The molecule has 1 amide bonds. The summed E-state index contributed by atoms with van der Waals surface area (Å²) in [5.74, 6) is 0.413. The summed E-state index contributed by atoms with van der Waals surface area (Å²) >= 11 is 0. The molecule has 0 fully saturated rings. The Balaban J connectivity index is 1.88. The number of anilines is 2. The molecular weight excluding hydrogens is 352 g/mol. The second-order valence-electron chi connectivity index (χ2n) is 5.91. The van der Waals surface area contributed by atoms with Crippen molar-refractivity contribution in [2.45, 2.75) is 18.4 Å². The maximum absolute atomic E-state index is 11.8. The summed E-state index contributed by atoms with van der Waals surface area (Å²) in [6, 6.07) is 12.2. The van der Waals surface area contributed by atoms with E-state index >= 15 is 0 Å². The molecule has 0 aliphatic rings. The summed E-state index contributed by atoms with van der Waals surface area (Å²) in [5, 5.41) is 6.58. The molecule has 0 atom stereocenters. The van der Waals surface area contributed by atoms with Crippen molar-refractivity contribution in [2.75, 3.05) is 16.9 Å². The molecule has 0 radical (unpaired) electrons. The summed E-state index contributed by atoms with van der Waals surface area (Å²) < 4.78 is 23.6. The van der Waals surface area contributed by atoms with Crippen molar-refractivity contribution in [3.05, 3.63) is 54.4 Å². The number of nitrogens with one attached hydrogen (secondary N) is 2. The molecule has 0 aliphatic carbocycles. The lowest BCUT2D eigenvalue weighted by Crippen LogP contribution is -2.07. The molecule has 3 rings (SSSR count). The largest absolute Gasteiger partial charge is 0.365 e. The van der Waals surface area contributed by atoms with E-state index in [0.29, 0.717) is 29.0 Å². The number of nitrogens with zero attached hydrogens (tertiary/aromatic N) is 2. The highest BCUT2D eigenvalue weighted by Gasteiger charge is 2.11. The number of sulfone groups is 1. The summed E-state index contributed by atoms with van der Waals surface area (Å²) in [5.41, 5.74) is 2.31. The average molecular weight is 370 g/mol. The van der Waals surface area contributed by atoms with Gasteiger partial charge in [0, 0.05) is 30.8 Å². The second-order valence-corrected chi connectivity index (χ2v) is 7.92. The lowest BCUT2D eigenvalue weighted by molar-refractivity contribution is -0.114. The number of carbonyl (C=O) groups excluding carboxylic acids is 1. The lowest BCUT2D eigenvalue weighted by atomic mass is 10.2. The fourth-order valence-electron chi connectivity index (χ4n) is 2.56. The van der Waals surface area contributed by atoms with Crippen LogP contribution >= 0.6 is 0 Å². The molecule has 0 bridgehead atoms. The summed E-state index contributed by atoms with van der Waals surface area (Å²) in [6.45, 7) is 1.92. The quantitative estimate of drug-likeness (QED) is 0.716. The van der Waals surface area contributed by atoms with Crippen LogP contribution in [-0.2, 0) is 21.2 Å². The van der Waals surface area contributed by atoms with Crippen LogP contribution in [0.25, 0.3) is 10.9 Å². The summed E-state index contributed by atoms with van der Waals surface area (Å²) in [6.07, 6.45) is 2.59. The SMILES string of the molecule is CC(=O)Nc1cccc(CNc2ncnc3ccc(S(C)(=O)=O)cc23)c1. The van der Waals surface area contributed by atoms with E-state index in [1.807, 2.05) is 24.3 Å². The Labute approximate surface area is 151 Å². The van der Waals surface area contributed by atoms with Gasteiger partial charge in [0.05, 0.1) is 10.4 Å². The van der Waals surface area contributed by atoms with Crippen LogP contribution in [0, 0.1) is 0 Å². The van der Waals surface area contributed by atoms with Crippen molar-refractivity contribution in [3.63, 3.8) is 0 Å². The predicted octanol–water partition coefficient (Wildman–Crippen LogP) is 2.60. The van der Waals surface area contributed by atoms with Crippen molar-refractivity contribution < 1.29 is 13.2 Å². The van der Waals surface area contributed by atoms with Crippen LogP contribution in [-0.4, -0.2) is 30.5 Å². The van der Waals surface area contributed by atoms with Gasteiger partial charge in [-0.05, 0) is 35.9 Å². The smallest absolute Gasteiger partial charge is 0.221 e. The van der Waals surface area contributed by atoms with Gasteiger partial charge in [0.1, 0.15) is 12.1 Å². The first-order valence-corrected chi connectivity index (χ1v) is 9.77. The number of rotatable bonds is 5. The number of hydrogen-bond donors (Lipinski definition) is 2. The number of aromatic nitrogens is 2.